The van der Waals surface area contributed by atoms with E-state index in [9.17, 15) is 17.6 Å². The number of alkyl halides is 3. The SMILES string of the molecule is Oc1ccc([C@H](O)C(F)(F)F)c(F)c1. The van der Waals surface area contributed by atoms with Gasteiger partial charge in [0.05, 0.1) is 0 Å². The van der Waals surface area contributed by atoms with Crippen LogP contribution in [0.1, 0.15) is 11.7 Å². The highest BCUT2D eigenvalue weighted by molar-refractivity contribution is 5.29. The van der Waals surface area contributed by atoms with E-state index in [0.717, 1.165) is 6.07 Å². The van der Waals surface area contributed by atoms with E-state index in [0.29, 0.717) is 12.1 Å². The summed E-state index contributed by atoms with van der Waals surface area (Å²) in [5, 5.41) is 17.4. The van der Waals surface area contributed by atoms with Crippen molar-refractivity contribution in [2.24, 2.45) is 0 Å². The zero-order valence-electron chi connectivity index (χ0n) is 6.72. The molecule has 0 spiro atoms. The predicted octanol–water partition coefficient (Wildman–Crippen LogP) is 2.13. The first-order valence-electron chi connectivity index (χ1n) is 3.55. The van der Waals surface area contributed by atoms with Gasteiger partial charge in [-0.25, -0.2) is 4.39 Å². The third kappa shape index (κ3) is 2.14. The van der Waals surface area contributed by atoms with Gasteiger partial charge in [0.2, 0.25) is 0 Å². The Kier molecular flexibility index (Phi) is 2.66. The summed E-state index contributed by atoms with van der Waals surface area (Å²) in [7, 11) is 0. The van der Waals surface area contributed by atoms with Gasteiger partial charge in [0.1, 0.15) is 11.6 Å². The zero-order chi connectivity index (χ0) is 10.9. The Labute approximate surface area is 76.4 Å². The van der Waals surface area contributed by atoms with E-state index in [2.05, 4.69) is 0 Å². The van der Waals surface area contributed by atoms with Crippen LogP contribution in [0.4, 0.5) is 17.6 Å². The molecule has 0 heterocycles. The number of hydrogen-bond donors (Lipinski definition) is 2. The van der Waals surface area contributed by atoms with Gasteiger partial charge in [0.15, 0.2) is 6.10 Å². The van der Waals surface area contributed by atoms with Crippen LogP contribution in [0.2, 0.25) is 0 Å². The standard InChI is InChI=1S/C8H6F4O2/c9-6-3-4(13)1-2-5(6)7(14)8(10,11)12/h1-3,7,13-14H/t7-/m0/s1. The lowest BCUT2D eigenvalue weighted by Gasteiger charge is -2.15. The van der Waals surface area contributed by atoms with Crippen LogP contribution in [0.25, 0.3) is 0 Å². The fourth-order valence-electron chi connectivity index (χ4n) is 0.914. The number of phenolic OH excluding ortho intramolecular Hbond substituents is 1. The van der Waals surface area contributed by atoms with E-state index >= 15 is 0 Å². The molecule has 0 radical (unpaired) electrons. The lowest BCUT2D eigenvalue weighted by molar-refractivity contribution is -0.207. The maximum absolute atomic E-state index is 12.8. The summed E-state index contributed by atoms with van der Waals surface area (Å²) in [4.78, 5) is 0. The second-order valence-corrected chi connectivity index (χ2v) is 2.65. The number of aromatic hydroxyl groups is 1. The van der Waals surface area contributed by atoms with E-state index < -0.39 is 29.4 Å². The smallest absolute Gasteiger partial charge is 0.418 e. The van der Waals surface area contributed by atoms with Gasteiger partial charge in [-0.15, -0.1) is 0 Å². The molecule has 1 atom stereocenters. The topological polar surface area (TPSA) is 40.5 Å². The maximum atomic E-state index is 12.8. The number of benzene rings is 1. The lowest BCUT2D eigenvalue weighted by atomic mass is 10.1. The van der Waals surface area contributed by atoms with E-state index in [4.69, 9.17) is 10.2 Å². The molecule has 1 aromatic rings. The number of phenols is 1. The number of halogens is 4. The Hall–Kier alpha value is -1.30. The van der Waals surface area contributed by atoms with Gasteiger partial charge in [0.25, 0.3) is 0 Å². The molecule has 0 aliphatic heterocycles. The van der Waals surface area contributed by atoms with Gasteiger partial charge >= 0.3 is 6.18 Å². The molecule has 2 nitrogen and oxygen atoms in total. The minimum absolute atomic E-state index is 0.499. The van der Waals surface area contributed by atoms with Crippen LogP contribution in [0.15, 0.2) is 18.2 Å². The van der Waals surface area contributed by atoms with Crippen molar-refractivity contribution in [3.63, 3.8) is 0 Å². The summed E-state index contributed by atoms with van der Waals surface area (Å²) in [6.45, 7) is 0. The van der Waals surface area contributed by atoms with Crippen LogP contribution < -0.4 is 0 Å². The van der Waals surface area contributed by atoms with Crippen LogP contribution >= 0.6 is 0 Å². The molecule has 6 heteroatoms. The van der Waals surface area contributed by atoms with E-state index in [1.165, 1.54) is 0 Å². The van der Waals surface area contributed by atoms with Gasteiger partial charge in [-0.1, -0.05) is 0 Å². The van der Waals surface area contributed by atoms with Crippen LogP contribution in [0.5, 0.6) is 5.75 Å². The Morgan fingerprint density at radius 1 is 1.21 bits per heavy atom. The molecule has 0 saturated heterocycles. The largest absolute Gasteiger partial charge is 0.508 e. The van der Waals surface area contributed by atoms with E-state index in [1.54, 1.807) is 0 Å². The van der Waals surface area contributed by atoms with Gasteiger partial charge < -0.3 is 10.2 Å². The van der Waals surface area contributed by atoms with Gasteiger partial charge in [0, 0.05) is 11.6 Å². The molecular weight excluding hydrogens is 204 g/mol. The average molecular weight is 210 g/mol. The zero-order valence-corrected chi connectivity index (χ0v) is 6.72. The Morgan fingerprint density at radius 2 is 1.79 bits per heavy atom. The molecule has 0 amide bonds. The molecule has 0 fully saturated rings. The molecule has 2 N–H and O–H groups in total. The Morgan fingerprint density at radius 3 is 2.21 bits per heavy atom. The number of hydrogen-bond acceptors (Lipinski definition) is 2. The highest BCUT2D eigenvalue weighted by Crippen LogP contribution is 2.34. The van der Waals surface area contributed by atoms with Crippen molar-refractivity contribution >= 4 is 0 Å². The lowest BCUT2D eigenvalue weighted by Crippen LogP contribution is -2.21. The minimum atomic E-state index is -4.92. The van der Waals surface area contributed by atoms with Crippen molar-refractivity contribution in [3.05, 3.63) is 29.6 Å². The van der Waals surface area contributed by atoms with Crippen LogP contribution in [-0.4, -0.2) is 16.4 Å². The number of aliphatic hydroxyl groups is 1. The van der Waals surface area contributed by atoms with Crippen molar-refractivity contribution in [1.82, 2.24) is 0 Å². The first-order chi connectivity index (χ1) is 6.32. The van der Waals surface area contributed by atoms with E-state index in [1.807, 2.05) is 0 Å². The van der Waals surface area contributed by atoms with Crippen LogP contribution in [-0.2, 0) is 0 Å². The molecule has 1 rings (SSSR count). The minimum Gasteiger partial charge on any atom is -0.508 e. The Balaban J connectivity index is 3.08. The first kappa shape index (κ1) is 10.8. The molecule has 0 bridgehead atoms. The van der Waals surface area contributed by atoms with Gasteiger partial charge in [-0.2, -0.15) is 13.2 Å². The maximum Gasteiger partial charge on any atom is 0.418 e. The summed E-state index contributed by atoms with van der Waals surface area (Å²) in [5.74, 6) is -1.80. The van der Waals surface area contributed by atoms with Crippen molar-refractivity contribution in [1.29, 1.82) is 0 Å². The quantitative estimate of drug-likeness (QED) is 0.697. The molecule has 0 aliphatic rings. The van der Waals surface area contributed by atoms with E-state index in [-0.39, 0.29) is 0 Å². The third-order valence-electron chi connectivity index (χ3n) is 1.59. The molecule has 0 aromatic heterocycles. The van der Waals surface area contributed by atoms with Crippen LogP contribution in [0.3, 0.4) is 0 Å². The highest BCUT2D eigenvalue weighted by atomic mass is 19.4. The number of rotatable bonds is 1. The molecule has 14 heavy (non-hydrogen) atoms. The molecule has 78 valence electrons. The van der Waals surface area contributed by atoms with Crippen molar-refractivity contribution in [3.8, 4) is 5.75 Å². The normalized spacial score (nSPS) is 14.1. The second kappa shape index (κ2) is 3.45. The Bertz CT molecular complexity index is 335. The molecule has 1 aromatic carbocycles. The van der Waals surface area contributed by atoms with Gasteiger partial charge in [-0.05, 0) is 12.1 Å². The summed E-state index contributed by atoms with van der Waals surface area (Å²) < 4.78 is 48.6. The second-order valence-electron chi connectivity index (χ2n) is 2.65. The van der Waals surface area contributed by atoms with Crippen molar-refractivity contribution in [2.75, 3.05) is 0 Å². The fourth-order valence-corrected chi connectivity index (χ4v) is 0.914. The average Bonchev–Trinajstić information content (AvgIpc) is 2.01. The van der Waals surface area contributed by atoms with Crippen LogP contribution in [0, 0.1) is 5.82 Å². The van der Waals surface area contributed by atoms with Crippen molar-refractivity contribution in [2.45, 2.75) is 12.3 Å². The fraction of sp³-hybridized carbons (Fsp3) is 0.250. The molecule has 0 aliphatic carbocycles. The first-order valence-corrected chi connectivity index (χ1v) is 3.55. The summed E-state index contributed by atoms with van der Waals surface area (Å²) >= 11 is 0. The van der Waals surface area contributed by atoms with Crippen molar-refractivity contribution < 1.29 is 27.8 Å². The third-order valence-corrected chi connectivity index (χ3v) is 1.59. The molecular formula is C8H6F4O2. The molecule has 0 saturated carbocycles. The summed E-state index contributed by atoms with van der Waals surface area (Å²) in [5.41, 5.74) is -0.907. The highest BCUT2D eigenvalue weighted by Gasteiger charge is 2.40. The molecule has 0 unspecified atom stereocenters. The van der Waals surface area contributed by atoms with Gasteiger partial charge in [-0.3, -0.25) is 0 Å². The monoisotopic (exact) mass is 210 g/mol. The summed E-state index contributed by atoms with van der Waals surface area (Å²) in [6.07, 6.45) is -7.79. The predicted molar refractivity (Wildman–Crippen MR) is 39.1 cm³/mol. The summed E-state index contributed by atoms with van der Waals surface area (Å²) in [6, 6.07) is 2.06. The number of aliphatic hydroxyl groups excluding tert-OH is 1.